The van der Waals surface area contributed by atoms with Gasteiger partial charge in [-0.05, 0) is 25.8 Å². The molecule has 1 saturated heterocycles. The highest BCUT2D eigenvalue weighted by Gasteiger charge is 2.53. The summed E-state index contributed by atoms with van der Waals surface area (Å²) in [6.45, 7) is 3.32. The molecule has 3 nitrogen and oxygen atoms in total. The molecule has 1 heterocycles. The standard InChI is InChI=1S/C14H18FNO2/c1-2-17-11-7-10-9-18-16-14(10,8-11)12-5-3-4-6-13(12)15/h3-6,10-11,16H,2,7-9H2,1H3/t10-,11-,14-/m0/s1. The van der Waals surface area contributed by atoms with Gasteiger partial charge < -0.3 is 9.57 Å². The molecular weight excluding hydrogens is 233 g/mol. The van der Waals surface area contributed by atoms with E-state index in [0.717, 1.165) is 12.8 Å². The van der Waals surface area contributed by atoms with Crippen LogP contribution in [0.2, 0.25) is 0 Å². The Morgan fingerprint density at radius 2 is 2.33 bits per heavy atom. The molecule has 1 aliphatic heterocycles. The van der Waals surface area contributed by atoms with Crippen molar-refractivity contribution in [3.63, 3.8) is 0 Å². The van der Waals surface area contributed by atoms with Gasteiger partial charge in [-0.15, -0.1) is 0 Å². The average molecular weight is 251 g/mol. The summed E-state index contributed by atoms with van der Waals surface area (Å²) >= 11 is 0. The molecule has 1 N–H and O–H groups in total. The van der Waals surface area contributed by atoms with Crippen LogP contribution in [0.1, 0.15) is 25.3 Å². The highest BCUT2D eigenvalue weighted by molar-refractivity contribution is 5.30. The van der Waals surface area contributed by atoms with Gasteiger partial charge in [0.15, 0.2) is 0 Å². The number of rotatable bonds is 3. The third-order valence-electron chi connectivity index (χ3n) is 4.09. The van der Waals surface area contributed by atoms with Crippen LogP contribution in [0.3, 0.4) is 0 Å². The van der Waals surface area contributed by atoms with E-state index in [1.165, 1.54) is 6.07 Å². The van der Waals surface area contributed by atoms with E-state index in [1.54, 1.807) is 6.07 Å². The van der Waals surface area contributed by atoms with Crippen LogP contribution in [-0.2, 0) is 15.1 Å². The summed E-state index contributed by atoms with van der Waals surface area (Å²) in [5.41, 5.74) is 3.35. The van der Waals surface area contributed by atoms with Gasteiger partial charge in [-0.3, -0.25) is 0 Å². The normalized spacial score (nSPS) is 34.8. The molecule has 2 aliphatic rings. The first-order valence-electron chi connectivity index (χ1n) is 6.52. The van der Waals surface area contributed by atoms with Crippen LogP contribution in [0.5, 0.6) is 0 Å². The van der Waals surface area contributed by atoms with E-state index in [1.807, 2.05) is 19.1 Å². The fraction of sp³-hybridized carbons (Fsp3) is 0.571. The largest absolute Gasteiger partial charge is 0.378 e. The maximum atomic E-state index is 14.1. The fourth-order valence-electron chi connectivity index (χ4n) is 3.30. The zero-order valence-corrected chi connectivity index (χ0v) is 10.5. The van der Waals surface area contributed by atoms with Crippen molar-refractivity contribution in [3.8, 4) is 0 Å². The van der Waals surface area contributed by atoms with Crippen molar-refractivity contribution in [2.75, 3.05) is 13.2 Å². The van der Waals surface area contributed by atoms with E-state index in [-0.39, 0.29) is 17.8 Å². The summed E-state index contributed by atoms with van der Waals surface area (Å²) in [5, 5.41) is 0. The van der Waals surface area contributed by atoms with Crippen molar-refractivity contribution in [1.29, 1.82) is 0 Å². The van der Waals surface area contributed by atoms with Crippen molar-refractivity contribution in [2.24, 2.45) is 5.92 Å². The molecule has 1 aromatic carbocycles. The van der Waals surface area contributed by atoms with Gasteiger partial charge in [0, 0.05) is 18.1 Å². The SMILES string of the molecule is CCO[C@H]1C[C@H]2CON[C@@]2(c2ccccc2F)C1. The monoisotopic (exact) mass is 251 g/mol. The Kier molecular flexibility index (Phi) is 3.09. The summed E-state index contributed by atoms with van der Waals surface area (Å²) in [5.74, 6) is 0.114. The third-order valence-corrected chi connectivity index (χ3v) is 4.09. The van der Waals surface area contributed by atoms with E-state index in [4.69, 9.17) is 9.57 Å². The van der Waals surface area contributed by atoms with Gasteiger partial charge in [0.25, 0.3) is 0 Å². The first-order valence-corrected chi connectivity index (χ1v) is 6.52. The highest BCUT2D eigenvalue weighted by atomic mass is 19.1. The molecule has 3 rings (SSSR count). The quantitative estimate of drug-likeness (QED) is 0.894. The van der Waals surface area contributed by atoms with Gasteiger partial charge in [-0.25, -0.2) is 4.39 Å². The highest BCUT2D eigenvalue weighted by Crippen LogP contribution is 2.48. The summed E-state index contributed by atoms with van der Waals surface area (Å²) < 4.78 is 19.8. The number of fused-ring (bicyclic) bond motifs is 1. The predicted molar refractivity (Wildman–Crippen MR) is 65.3 cm³/mol. The van der Waals surface area contributed by atoms with Crippen LogP contribution < -0.4 is 5.48 Å². The van der Waals surface area contributed by atoms with Crippen molar-refractivity contribution < 1.29 is 14.0 Å². The van der Waals surface area contributed by atoms with Crippen LogP contribution in [-0.4, -0.2) is 19.3 Å². The molecular formula is C14H18FNO2. The molecule has 4 heteroatoms. The lowest BCUT2D eigenvalue weighted by Crippen LogP contribution is -2.39. The minimum Gasteiger partial charge on any atom is -0.378 e. The van der Waals surface area contributed by atoms with Crippen molar-refractivity contribution in [1.82, 2.24) is 5.48 Å². The smallest absolute Gasteiger partial charge is 0.128 e. The van der Waals surface area contributed by atoms with E-state index < -0.39 is 5.54 Å². The summed E-state index contributed by atoms with van der Waals surface area (Å²) in [6, 6.07) is 6.95. The summed E-state index contributed by atoms with van der Waals surface area (Å²) in [6.07, 6.45) is 1.89. The second-order valence-corrected chi connectivity index (χ2v) is 5.08. The van der Waals surface area contributed by atoms with Crippen LogP contribution in [0.25, 0.3) is 0 Å². The van der Waals surface area contributed by atoms with E-state index in [2.05, 4.69) is 5.48 Å². The van der Waals surface area contributed by atoms with Crippen LogP contribution in [0.15, 0.2) is 24.3 Å². The molecule has 98 valence electrons. The van der Waals surface area contributed by atoms with Gasteiger partial charge in [-0.1, -0.05) is 18.2 Å². The maximum absolute atomic E-state index is 14.1. The van der Waals surface area contributed by atoms with E-state index >= 15 is 0 Å². The fourth-order valence-corrected chi connectivity index (χ4v) is 3.30. The lowest BCUT2D eigenvalue weighted by Gasteiger charge is -2.28. The molecule has 18 heavy (non-hydrogen) atoms. The van der Waals surface area contributed by atoms with Crippen molar-refractivity contribution in [2.45, 2.75) is 31.4 Å². The molecule has 1 aliphatic carbocycles. The van der Waals surface area contributed by atoms with E-state index in [0.29, 0.717) is 18.8 Å². The molecule has 0 amide bonds. The number of hydrogen-bond acceptors (Lipinski definition) is 3. The second kappa shape index (κ2) is 4.61. The molecule has 0 bridgehead atoms. The number of ether oxygens (including phenoxy) is 1. The molecule has 0 radical (unpaired) electrons. The summed E-state index contributed by atoms with van der Waals surface area (Å²) in [4.78, 5) is 5.38. The lowest BCUT2D eigenvalue weighted by molar-refractivity contribution is 0.0144. The zero-order chi connectivity index (χ0) is 12.6. The van der Waals surface area contributed by atoms with E-state index in [9.17, 15) is 4.39 Å². The molecule has 0 unspecified atom stereocenters. The first kappa shape index (κ1) is 12.1. The third kappa shape index (κ3) is 1.76. The predicted octanol–water partition coefficient (Wildman–Crippen LogP) is 2.37. The lowest BCUT2D eigenvalue weighted by atomic mass is 9.82. The van der Waals surface area contributed by atoms with Crippen molar-refractivity contribution in [3.05, 3.63) is 35.6 Å². The van der Waals surface area contributed by atoms with Gasteiger partial charge >= 0.3 is 0 Å². The Balaban J connectivity index is 1.95. The van der Waals surface area contributed by atoms with Gasteiger partial charge in [0.2, 0.25) is 0 Å². The Labute approximate surface area is 106 Å². The number of hydroxylamine groups is 1. The molecule has 3 atom stereocenters. The molecule has 1 aromatic rings. The van der Waals surface area contributed by atoms with Gasteiger partial charge in [0.1, 0.15) is 5.82 Å². The number of benzene rings is 1. The number of nitrogens with one attached hydrogen (secondary N) is 1. The Morgan fingerprint density at radius 1 is 1.50 bits per heavy atom. The van der Waals surface area contributed by atoms with Gasteiger partial charge in [0.05, 0.1) is 18.2 Å². The molecule has 0 spiro atoms. The molecule has 1 saturated carbocycles. The Morgan fingerprint density at radius 3 is 3.11 bits per heavy atom. The molecule has 0 aromatic heterocycles. The minimum absolute atomic E-state index is 0.169. The van der Waals surface area contributed by atoms with Crippen molar-refractivity contribution >= 4 is 0 Å². The maximum Gasteiger partial charge on any atom is 0.128 e. The minimum atomic E-state index is -0.412. The Hall–Kier alpha value is -0.970. The van der Waals surface area contributed by atoms with Crippen LogP contribution in [0.4, 0.5) is 4.39 Å². The topological polar surface area (TPSA) is 30.5 Å². The van der Waals surface area contributed by atoms with Crippen LogP contribution >= 0.6 is 0 Å². The summed E-state index contributed by atoms with van der Waals surface area (Å²) in [7, 11) is 0. The number of hydrogen-bond donors (Lipinski definition) is 1. The number of halogens is 1. The molecule has 2 fully saturated rings. The van der Waals surface area contributed by atoms with Gasteiger partial charge in [-0.2, -0.15) is 5.48 Å². The van der Waals surface area contributed by atoms with Crippen LogP contribution in [0, 0.1) is 11.7 Å². The first-order chi connectivity index (χ1) is 8.76. The average Bonchev–Trinajstić information content (AvgIpc) is 2.87. The zero-order valence-electron chi connectivity index (χ0n) is 10.5. The Bertz CT molecular complexity index is 440. The second-order valence-electron chi connectivity index (χ2n) is 5.08.